The van der Waals surface area contributed by atoms with Crippen LogP contribution in [0.15, 0.2) is 18.3 Å². The Labute approximate surface area is 179 Å². The van der Waals surface area contributed by atoms with Gasteiger partial charge in [0, 0.05) is 12.3 Å². The highest BCUT2D eigenvalue weighted by atomic mass is 16.7. The smallest absolute Gasteiger partial charge is 0.464 e. The van der Waals surface area contributed by atoms with Gasteiger partial charge in [0.25, 0.3) is 5.69 Å². The van der Waals surface area contributed by atoms with Crippen molar-refractivity contribution in [1.29, 1.82) is 5.26 Å². The predicted octanol–water partition coefficient (Wildman–Crippen LogP) is 2.23. The van der Waals surface area contributed by atoms with Gasteiger partial charge >= 0.3 is 13.1 Å². The van der Waals surface area contributed by atoms with E-state index in [-0.39, 0.29) is 28.3 Å². The van der Waals surface area contributed by atoms with E-state index in [0.717, 1.165) is 7.11 Å². The molecule has 1 aromatic heterocycles. The largest absolute Gasteiger partial charge is 0.495 e. The minimum Gasteiger partial charge on any atom is -0.464 e. The normalized spacial score (nSPS) is 16.7. The lowest BCUT2D eigenvalue weighted by Crippen LogP contribution is -2.41. The fourth-order valence-electron chi connectivity index (χ4n) is 3.45. The lowest BCUT2D eigenvalue weighted by molar-refractivity contribution is -0.384. The molecule has 0 spiro atoms. The van der Waals surface area contributed by atoms with Gasteiger partial charge in [0.1, 0.15) is 11.8 Å². The Morgan fingerprint density at radius 2 is 1.87 bits per heavy atom. The third-order valence-corrected chi connectivity index (χ3v) is 5.81. The van der Waals surface area contributed by atoms with Crippen LogP contribution in [-0.2, 0) is 14.0 Å². The molecule has 2 heterocycles. The molecule has 0 atom stereocenters. The zero-order chi connectivity index (χ0) is 23.3. The van der Waals surface area contributed by atoms with Gasteiger partial charge < -0.3 is 24.3 Å². The number of nitriles is 1. The van der Waals surface area contributed by atoms with Gasteiger partial charge in [-0.05, 0) is 45.6 Å². The number of aromatic nitrogens is 1. The fraction of sp³-hybridized carbons (Fsp3) is 0.400. The van der Waals surface area contributed by atoms with Crippen molar-refractivity contribution in [3.8, 4) is 11.8 Å². The van der Waals surface area contributed by atoms with E-state index in [1.807, 2.05) is 33.8 Å². The first-order valence-corrected chi connectivity index (χ1v) is 9.48. The SMILES string of the molecule is COC(=O)c1c(N)c(C#N)cn1-c1c(C)cc(B2OC(C)(C)C(C)(C)O2)cc1[N+](=O)[O-]. The second-order valence-corrected chi connectivity index (χ2v) is 8.33. The molecular formula is C20H23BN4O6. The number of anilines is 1. The van der Waals surface area contributed by atoms with Crippen LogP contribution >= 0.6 is 0 Å². The molecule has 10 nitrogen and oxygen atoms in total. The van der Waals surface area contributed by atoms with Crippen LogP contribution in [0.2, 0.25) is 0 Å². The number of nitro groups is 1. The summed E-state index contributed by atoms with van der Waals surface area (Å²) in [5.74, 6) is -0.817. The number of nitrogens with zero attached hydrogens (tertiary/aromatic N) is 3. The van der Waals surface area contributed by atoms with Gasteiger partial charge in [-0.15, -0.1) is 0 Å². The van der Waals surface area contributed by atoms with Crippen molar-refractivity contribution in [2.24, 2.45) is 0 Å². The van der Waals surface area contributed by atoms with Gasteiger partial charge in [-0.2, -0.15) is 5.26 Å². The standard InChI is InChI=1S/C20H23BN4O6/c1-11-7-13(21-30-19(2,3)20(4,5)31-21)8-14(25(27)28)16(11)24-10-12(9-22)15(23)17(24)18(26)29-6/h7-8,10H,23H2,1-6H3. The molecular weight excluding hydrogens is 403 g/mol. The van der Waals surface area contributed by atoms with E-state index in [0.29, 0.717) is 11.0 Å². The van der Waals surface area contributed by atoms with E-state index in [2.05, 4.69) is 0 Å². The van der Waals surface area contributed by atoms with Crippen molar-refractivity contribution >= 4 is 29.9 Å². The zero-order valence-corrected chi connectivity index (χ0v) is 18.2. The number of nitro benzene ring substituents is 1. The number of esters is 1. The number of rotatable bonds is 4. The molecule has 1 fully saturated rings. The van der Waals surface area contributed by atoms with E-state index in [1.165, 1.54) is 16.8 Å². The van der Waals surface area contributed by atoms with Crippen LogP contribution in [0.1, 0.15) is 49.3 Å². The number of hydrogen-bond acceptors (Lipinski definition) is 8. The van der Waals surface area contributed by atoms with Crippen LogP contribution in [0.4, 0.5) is 11.4 Å². The second kappa shape index (κ2) is 7.41. The Bertz CT molecular complexity index is 1120. The molecule has 162 valence electrons. The Balaban J connectivity index is 2.23. The molecule has 1 saturated heterocycles. The van der Waals surface area contributed by atoms with Crippen LogP contribution in [0, 0.1) is 28.4 Å². The van der Waals surface area contributed by atoms with Gasteiger partial charge in [-0.3, -0.25) is 10.1 Å². The minimum absolute atomic E-state index is 0.00383. The van der Waals surface area contributed by atoms with Crippen molar-refractivity contribution in [1.82, 2.24) is 4.57 Å². The maximum atomic E-state index is 12.3. The van der Waals surface area contributed by atoms with Crippen LogP contribution < -0.4 is 11.2 Å². The average Bonchev–Trinajstić information content (AvgIpc) is 3.12. The van der Waals surface area contributed by atoms with Gasteiger partial charge in [0.15, 0.2) is 5.69 Å². The molecule has 0 radical (unpaired) electrons. The topological polar surface area (TPSA) is 143 Å². The molecule has 31 heavy (non-hydrogen) atoms. The number of methoxy groups -OCH3 is 1. The van der Waals surface area contributed by atoms with Crippen molar-refractivity contribution in [3.05, 3.63) is 45.3 Å². The van der Waals surface area contributed by atoms with Gasteiger partial charge in [-0.25, -0.2) is 4.79 Å². The summed E-state index contributed by atoms with van der Waals surface area (Å²) in [6, 6.07) is 4.91. The second-order valence-electron chi connectivity index (χ2n) is 8.33. The molecule has 0 aliphatic carbocycles. The van der Waals surface area contributed by atoms with E-state index in [4.69, 9.17) is 19.8 Å². The van der Waals surface area contributed by atoms with E-state index in [1.54, 1.807) is 13.0 Å². The molecule has 2 N–H and O–H groups in total. The first-order valence-electron chi connectivity index (χ1n) is 9.48. The molecule has 1 aromatic carbocycles. The van der Waals surface area contributed by atoms with Crippen LogP contribution in [-0.4, -0.2) is 40.9 Å². The Morgan fingerprint density at radius 1 is 1.29 bits per heavy atom. The Hall–Kier alpha value is -3.36. The predicted molar refractivity (Wildman–Crippen MR) is 113 cm³/mol. The fourth-order valence-corrected chi connectivity index (χ4v) is 3.45. The lowest BCUT2D eigenvalue weighted by atomic mass is 9.78. The zero-order valence-electron chi connectivity index (χ0n) is 18.2. The first-order chi connectivity index (χ1) is 14.3. The van der Waals surface area contributed by atoms with Gasteiger partial charge in [0.05, 0.1) is 34.5 Å². The third kappa shape index (κ3) is 3.54. The molecule has 0 saturated carbocycles. The van der Waals surface area contributed by atoms with Crippen molar-refractivity contribution in [2.45, 2.75) is 45.8 Å². The molecule has 0 bridgehead atoms. The monoisotopic (exact) mass is 426 g/mol. The first kappa shape index (κ1) is 22.3. The van der Waals surface area contributed by atoms with Crippen molar-refractivity contribution in [2.75, 3.05) is 12.8 Å². The summed E-state index contributed by atoms with van der Waals surface area (Å²) in [5, 5.41) is 21.3. The summed E-state index contributed by atoms with van der Waals surface area (Å²) in [4.78, 5) is 23.7. The number of carbonyl (C=O) groups is 1. The highest BCUT2D eigenvalue weighted by molar-refractivity contribution is 6.62. The number of nitrogen functional groups attached to an aromatic ring is 1. The summed E-state index contributed by atoms with van der Waals surface area (Å²) in [6.07, 6.45) is 1.28. The molecule has 0 amide bonds. The lowest BCUT2D eigenvalue weighted by Gasteiger charge is -2.32. The number of carbonyl (C=O) groups excluding carboxylic acids is 1. The Morgan fingerprint density at radius 3 is 2.35 bits per heavy atom. The maximum absolute atomic E-state index is 12.3. The van der Waals surface area contributed by atoms with Crippen LogP contribution in [0.25, 0.3) is 5.69 Å². The summed E-state index contributed by atoms with van der Waals surface area (Å²) in [6.45, 7) is 9.20. The quantitative estimate of drug-likeness (QED) is 0.339. The third-order valence-electron chi connectivity index (χ3n) is 5.81. The number of hydrogen-bond donors (Lipinski definition) is 1. The number of benzene rings is 1. The van der Waals surface area contributed by atoms with Crippen molar-refractivity contribution < 1.29 is 23.8 Å². The summed E-state index contributed by atoms with van der Waals surface area (Å²) in [5.41, 5.74) is 5.16. The minimum atomic E-state index is -0.817. The van der Waals surface area contributed by atoms with Crippen LogP contribution in [0.5, 0.6) is 0 Å². The summed E-state index contributed by atoms with van der Waals surface area (Å²) < 4.78 is 18.0. The molecule has 2 aromatic rings. The van der Waals surface area contributed by atoms with E-state index in [9.17, 15) is 20.2 Å². The highest BCUT2D eigenvalue weighted by Crippen LogP contribution is 2.38. The summed E-state index contributed by atoms with van der Waals surface area (Å²) in [7, 11) is 0.356. The van der Waals surface area contributed by atoms with E-state index >= 15 is 0 Å². The molecule has 0 unspecified atom stereocenters. The molecule has 1 aliphatic heterocycles. The molecule has 1 aliphatic rings. The van der Waals surface area contributed by atoms with Crippen molar-refractivity contribution in [3.63, 3.8) is 0 Å². The number of ether oxygens (including phenoxy) is 1. The number of aryl methyl sites for hydroxylation is 1. The van der Waals surface area contributed by atoms with Crippen LogP contribution in [0.3, 0.4) is 0 Å². The summed E-state index contributed by atoms with van der Waals surface area (Å²) >= 11 is 0. The van der Waals surface area contributed by atoms with E-state index < -0.39 is 29.2 Å². The highest BCUT2D eigenvalue weighted by Gasteiger charge is 2.52. The maximum Gasteiger partial charge on any atom is 0.495 e. The Kier molecular flexibility index (Phi) is 5.33. The average molecular weight is 426 g/mol. The van der Waals surface area contributed by atoms with Gasteiger partial charge in [-0.1, -0.05) is 6.07 Å². The molecule has 3 rings (SSSR count). The van der Waals surface area contributed by atoms with Gasteiger partial charge in [0.2, 0.25) is 0 Å². The molecule has 11 heteroatoms. The number of nitrogens with two attached hydrogens (primary N) is 1.